The first-order chi connectivity index (χ1) is 5.31. The van der Waals surface area contributed by atoms with Gasteiger partial charge in [-0.2, -0.15) is 0 Å². The summed E-state index contributed by atoms with van der Waals surface area (Å²) in [6, 6.07) is 1.91. The first-order valence-electron chi connectivity index (χ1n) is 3.55. The zero-order valence-electron chi connectivity index (χ0n) is 5.84. The largest absolute Gasteiger partial charge is 0.297 e. The molecule has 0 bridgehead atoms. The molecule has 2 rings (SSSR count). The molecule has 1 aromatic rings. The molecule has 1 saturated carbocycles. The highest BCUT2D eigenvalue weighted by molar-refractivity contribution is 9.10. The van der Waals surface area contributed by atoms with Crippen LogP contribution in [0.5, 0.6) is 0 Å². The van der Waals surface area contributed by atoms with Gasteiger partial charge in [0.05, 0.1) is 4.88 Å². The molecule has 58 valence electrons. The van der Waals surface area contributed by atoms with Crippen LogP contribution in [0.25, 0.3) is 0 Å². The maximum atomic E-state index is 10.4. The summed E-state index contributed by atoms with van der Waals surface area (Å²) >= 11 is 5.07. The number of carbonyl (C=O) groups is 1. The monoisotopic (exact) mass is 230 g/mol. The van der Waals surface area contributed by atoms with Crippen LogP contribution < -0.4 is 0 Å². The van der Waals surface area contributed by atoms with Gasteiger partial charge in [-0.3, -0.25) is 4.79 Å². The van der Waals surface area contributed by atoms with Crippen molar-refractivity contribution in [3.8, 4) is 0 Å². The number of aldehydes is 1. The Labute approximate surface area is 77.6 Å². The zero-order chi connectivity index (χ0) is 7.84. The summed E-state index contributed by atoms with van der Waals surface area (Å²) in [6.45, 7) is 0. The molecule has 1 aliphatic rings. The van der Waals surface area contributed by atoms with Crippen LogP contribution >= 0.6 is 27.3 Å². The van der Waals surface area contributed by atoms with Crippen LogP contribution in [-0.2, 0) is 0 Å². The molecule has 11 heavy (non-hydrogen) atoms. The summed E-state index contributed by atoms with van der Waals surface area (Å²) in [5.41, 5.74) is 0. The molecular weight excluding hydrogens is 224 g/mol. The highest BCUT2D eigenvalue weighted by Crippen LogP contribution is 2.46. The van der Waals surface area contributed by atoms with E-state index in [1.807, 2.05) is 6.07 Å². The van der Waals surface area contributed by atoms with Crippen LogP contribution in [0.3, 0.4) is 0 Å². The molecule has 1 aromatic heterocycles. The summed E-state index contributed by atoms with van der Waals surface area (Å²) in [6.07, 6.45) is 3.50. The van der Waals surface area contributed by atoms with Gasteiger partial charge < -0.3 is 0 Å². The Morgan fingerprint density at radius 2 is 2.36 bits per heavy atom. The van der Waals surface area contributed by atoms with E-state index in [9.17, 15) is 4.79 Å². The molecule has 1 heterocycles. The first kappa shape index (κ1) is 7.50. The second kappa shape index (κ2) is 2.72. The van der Waals surface area contributed by atoms with Crippen molar-refractivity contribution in [2.75, 3.05) is 0 Å². The number of hydrogen-bond acceptors (Lipinski definition) is 2. The van der Waals surface area contributed by atoms with E-state index in [0.717, 1.165) is 21.6 Å². The van der Waals surface area contributed by atoms with Gasteiger partial charge in [0.2, 0.25) is 0 Å². The van der Waals surface area contributed by atoms with Crippen molar-refractivity contribution in [1.29, 1.82) is 0 Å². The molecule has 0 amide bonds. The summed E-state index contributed by atoms with van der Waals surface area (Å²) < 4.78 is 1.12. The minimum atomic E-state index is 0.739. The second-order valence-corrected chi connectivity index (χ2v) is 4.72. The van der Waals surface area contributed by atoms with Gasteiger partial charge in [0.25, 0.3) is 0 Å². The molecule has 0 aliphatic heterocycles. The fourth-order valence-electron chi connectivity index (χ4n) is 1.08. The molecule has 0 atom stereocenters. The summed E-state index contributed by atoms with van der Waals surface area (Å²) in [5.74, 6) is 0.739. The lowest BCUT2D eigenvalue weighted by atomic mass is 10.3. The average Bonchev–Trinajstić information content (AvgIpc) is 2.76. The topological polar surface area (TPSA) is 17.1 Å². The number of rotatable bonds is 2. The van der Waals surface area contributed by atoms with Crippen LogP contribution in [0.2, 0.25) is 0 Å². The Hall–Kier alpha value is -0.150. The molecule has 1 fully saturated rings. The smallest absolute Gasteiger partial charge is 0.160 e. The van der Waals surface area contributed by atoms with E-state index in [4.69, 9.17) is 0 Å². The van der Waals surface area contributed by atoms with Gasteiger partial charge in [-0.25, -0.2) is 0 Å². The molecule has 0 radical (unpaired) electrons. The van der Waals surface area contributed by atoms with E-state index in [1.165, 1.54) is 17.7 Å². The number of halogens is 1. The minimum absolute atomic E-state index is 0.739. The van der Waals surface area contributed by atoms with Crippen molar-refractivity contribution >= 4 is 33.6 Å². The molecule has 3 heteroatoms. The van der Waals surface area contributed by atoms with Crippen LogP contribution in [0, 0.1) is 0 Å². The van der Waals surface area contributed by atoms with Crippen LogP contribution in [-0.4, -0.2) is 6.29 Å². The standard InChI is InChI=1S/C8H7BrOS/c9-7-3-6(4-10)11-8(7)5-1-2-5/h3-5H,1-2H2. The van der Waals surface area contributed by atoms with Gasteiger partial charge >= 0.3 is 0 Å². The lowest BCUT2D eigenvalue weighted by molar-refractivity contribution is 0.112. The Kier molecular flexibility index (Phi) is 1.85. The predicted octanol–water partition coefficient (Wildman–Crippen LogP) is 3.20. The van der Waals surface area contributed by atoms with E-state index in [2.05, 4.69) is 15.9 Å². The third-order valence-corrected chi connectivity index (χ3v) is 3.94. The third kappa shape index (κ3) is 1.40. The minimum Gasteiger partial charge on any atom is -0.297 e. The molecular formula is C8H7BrOS. The van der Waals surface area contributed by atoms with Crippen molar-refractivity contribution in [3.63, 3.8) is 0 Å². The highest BCUT2D eigenvalue weighted by Gasteiger charge is 2.27. The van der Waals surface area contributed by atoms with Crippen LogP contribution in [0.4, 0.5) is 0 Å². The highest BCUT2D eigenvalue weighted by atomic mass is 79.9. The van der Waals surface area contributed by atoms with Crippen LogP contribution in [0.15, 0.2) is 10.5 Å². The number of carbonyl (C=O) groups excluding carboxylic acids is 1. The van der Waals surface area contributed by atoms with E-state index in [1.54, 1.807) is 11.3 Å². The molecule has 0 unspecified atom stereocenters. The van der Waals surface area contributed by atoms with Gasteiger partial charge in [-0.1, -0.05) is 0 Å². The van der Waals surface area contributed by atoms with E-state index < -0.39 is 0 Å². The first-order valence-corrected chi connectivity index (χ1v) is 5.16. The molecule has 1 nitrogen and oxygen atoms in total. The molecule has 0 N–H and O–H groups in total. The molecule has 0 spiro atoms. The number of thiophene rings is 1. The summed E-state index contributed by atoms with van der Waals surface area (Å²) in [7, 11) is 0. The summed E-state index contributed by atoms with van der Waals surface area (Å²) in [5, 5.41) is 0. The SMILES string of the molecule is O=Cc1cc(Br)c(C2CC2)s1. The zero-order valence-corrected chi connectivity index (χ0v) is 8.24. The Balaban J connectivity index is 2.37. The third-order valence-electron chi connectivity index (χ3n) is 1.80. The summed E-state index contributed by atoms with van der Waals surface area (Å²) in [4.78, 5) is 12.6. The Morgan fingerprint density at radius 3 is 2.82 bits per heavy atom. The van der Waals surface area contributed by atoms with Crippen molar-refractivity contribution in [3.05, 3.63) is 20.3 Å². The van der Waals surface area contributed by atoms with Crippen LogP contribution in [0.1, 0.15) is 33.3 Å². The molecule has 0 saturated heterocycles. The normalized spacial score (nSPS) is 16.8. The maximum Gasteiger partial charge on any atom is 0.160 e. The molecule has 0 aromatic carbocycles. The lowest BCUT2D eigenvalue weighted by Gasteiger charge is -1.88. The van der Waals surface area contributed by atoms with E-state index in [0.29, 0.717) is 0 Å². The average molecular weight is 231 g/mol. The van der Waals surface area contributed by atoms with Gasteiger partial charge in [-0.05, 0) is 40.8 Å². The quantitative estimate of drug-likeness (QED) is 0.714. The molecule has 1 aliphatic carbocycles. The maximum absolute atomic E-state index is 10.4. The van der Waals surface area contributed by atoms with Gasteiger partial charge in [0, 0.05) is 9.35 Å². The van der Waals surface area contributed by atoms with E-state index in [-0.39, 0.29) is 0 Å². The Bertz CT molecular complexity index is 288. The van der Waals surface area contributed by atoms with Crippen molar-refractivity contribution in [1.82, 2.24) is 0 Å². The van der Waals surface area contributed by atoms with Gasteiger partial charge in [-0.15, -0.1) is 11.3 Å². The predicted molar refractivity (Wildman–Crippen MR) is 49.4 cm³/mol. The Morgan fingerprint density at radius 1 is 1.64 bits per heavy atom. The van der Waals surface area contributed by atoms with Gasteiger partial charge in [0.1, 0.15) is 0 Å². The lowest BCUT2D eigenvalue weighted by Crippen LogP contribution is -1.68. The van der Waals surface area contributed by atoms with Gasteiger partial charge in [0.15, 0.2) is 6.29 Å². The fourth-order valence-corrected chi connectivity index (χ4v) is 3.09. The van der Waals surface area contributed by atoms with E-state index >= 15 is 0 Å². The van der Waals surface area contributed by atoms with Crippen molar-refractivity contribution in [2.45, 2.75) is 18.8 Å². The van der Waals surface area contributed by atoms with Crippen molar-refractivity contribution in [2.24, 2.45) is 0 Å². The fraction of sp³-hybridized carbons (Fsp3) is 0.375. The van der Waals surface area contributed by atoms with Crippen molar-refractivity contribution < 1.29 is 4.79 Å². The second-order valence-electron chi connectivity index (χ2n) is 2.75. The number of hydrogen-bond donors (Lipinski definition) is 0.